The SMILES string of the molecule is CCOCCSc1nc(N)nc(N)n1. The van der Waals surface area contributed by atoms with Gasteiger partial charge in [-0.25, -0.2) is 0 Å². The zero-order valence-corrected chi connectivity index (χ0v) is 8.75. The Kier molecular flexibility index (Phi) is 4.41. The largest absolute Gasteiger partial charge is 0.381 e. The Morgan fingerprint density at radius 1 is 1.21 bits per heavy atom. The minimum absolute atomic E-state index is 0.149. The zero-order valence-electron chi connectivity index (χ0n) is 7.93. The van der Waals surface area contributed by atoms with Crippen LogP contribution in [0.1, 0.15) is 6.92 Å². The molecule has 0 aromatic carbocycles. The Balaban J connectivity index is 2.42. The second-order valence-corrected chi connectivity index (χ2v) is 3.44. The van der Waals surface area contributed by atoms with Crippen LogP contribution < -0.4 is 11.5 Å². The van der Waals surface area contributed by atoms with Crippen molar-refractivity contribution in [2.45, 2.75) is 12.1 Å². The van der Waals surface area contributed by atoms with Crippen LogP contribution in [0.2, 0.25) is 0 Å². The van der Waals surface area contributed by atoms with Gasteiger partial charge in [0.25, 0.3) is 0 Å². The minimum atomic E-state index is 0.149. The molecule has 4 N–H and O–H groups in total. The summed E-state index contributed by atoms with van der Waals surface area (Å²) in [5, 5.41) is 0.537. The van der Waals surface area contributed by atoms with E-state index in [1.807, 2.05) is 6.92 Å². The number of rotatable bonds is 5. The molecular weight excluding hydrogens is 202 g/mol. The van der Waals surface area contributed by atoms with Crippen LogP contribution in [0.5, 0.6) is 0 Å². The molecule has 14 heavy (non-hydrogen) atoms. The van der Waals surface area contributed by atoms with Gasteiger partial charge in [-0.05, 0) is 6.92 Å². The Labute approximate surface area is 86.5 Å². The highest BCUT2D eigenvalue weighted by atomic mass is 32.2. The van der Waals surface area contributed by atoms with Crippen LogP contribution in [0.15, 0.2) is 5.16 Å². The van der Waals surface area contributed by atoms with Gasteiger partial charge < -0.3 is 16.2 Å². The molecule has 6 nitrogen and oxygen atoms in total. The molecule has 7 heteroatoms. The minimum Gasteiger partial charge on any atom is -0.381 e. The number of thioether (sulfide) groups is 1. The first kappa shape index (κ1) is 11.0. The molecule has 0 aliphatic rings. The summed E-state index contributed by atoms with van der Waals surface area (Å²) in [7, 11) is 0. The number of ether oxygens (including phenoxy) is 1. The van der Waals surface area contributed by atoms with Crippen molar-refractivity contribution in [1.82, 2.24) is 15.0 Å². The molecule has 0 fully saturated rings. The van der Waals surface area contributed by atoms with Gasteiger partial charge in [-0.15, -0.1) is 0 Å². The number of hydrogen-bond acceptors (Lipinski definition) is 7. The lowest BCUT2D eigenvalue weighted by Crippen LogP contribution is -2.04. The van der Waals surface area contributed by atoms with Crippen molar-refractivity contribution in [3.63, 3.8) is 0 Å². The van der Waals surface area contributed by atoms with Gasteiger partial charge in [0, 0.05) is 12.4 Å². The number of nitrogen functional groups attached to an aromatic ring is 2. The van der Waals surface area contributed by atoms with Crippen LogP contribution >= 0.6 is 11.8 Å². The van der Waals surface area contributed by atoms with Crippen molar-refractivity contribution in [2.75, 3.05) is 30.4 Å². The van der Waals surface area contributed by atoms with E-state index in [0.717, 1.165) is 5.75 Å². The van der Waals surface area contributed by atoms with Crippen molar-refractivity contribution in [3.05, 3.63) is 0 Å². The second-order valence-electron chi connectivity index (χ2n) is 2.38. The molecule has 0 radical (unpaired) electrons. The first-order valence-electron chi connectivity index (χ1n) is 4.20. The quantitative estimate of drug-likeness (QED) is 0.533. The summed E-state index contributed by atoms with van der Waals surface area (Å²) in [4.78, 5) is 11.5. The van der Waals surface area contributed by atoms with Crippen LogP contribution in [-0.4, -0.2) is 33.9 Å². The third-order valence-electron chi connectivity index (χ3n) is 1.31. The molecule has 0 bridgehead atoms. The third kappa shape index (κ3) is 3.75. The Hall–Kier alpha value is -1.08. The Morgan fingerprint density at radius 2 is 1.86 bits per heavy atom. The number of hydrogen-bond donors (Lipinski definition) is 2. The van der Waals surface area contributed by atoms with Crippen LogP contribution in [0.25, 0.3) is 0 Å². The summed E-state index contributed by atoms with van der Waals surface area (Å²) < 4.78 is 5.16. The molecule has 0 aliphatic heterocycles. The highest BCUT2D eigenvalue weighted by Crippen LogP contribution is 2.13. The lowest BCUT2D eigenvalue weighted by molar-refractivity contribution is 0.164. The van der Waals surface area contributed by atoms with E-state index in [1.165, 1.54) is 11.8 Å². The lowest BCUT2D eigenvalue weighted by atomic mass is 10.8. The van der Waals surface area contributed by atoms with E-state index in [4.69, 9.17) is 16.2 Å². The van der Waals surface area contributed by atoms with E-state index in [-0.39, 0.29) is 11.9 Å². The van der Waals surface area contributed by atoms with Crippen molar-refractivity contribution in [1.29, 1.82) is 0 Å². The topological polar surface area (TPSA) is 99.9 Å². The fourth-order valence-corrected chi connectivity index (χ4v) is 1.49. The van der Waals surface area contributed by atoms with Gasteiger partial charge in [-0.1, -0.05) is 11.8 Å². The molecule has 0 atom stereocenters. The fraction of sp³-hybridized carbons (Fsp3) is 0.571. The van der Waals surface area contributed by atoms with Gasteiger partial charge in [-0.3, -0.25) is 0 Å². The zero-order chi connectivity index (χ0) is 10.4. The molecule has 78 valence electrons. The maximum atomic E-state index is 5.40. The van der Waals surface area contributed by atoms with Crippen LogP contribution in [-0.2, 0) is 4.74 Å². The average molecular weight is 215 g/mol. The highest BCUT2D eigenvalue weighted by Gasteiger charge is 2.01. The maximum Gasteiger partial charge on any atom is 0.225 e. The van der Waals surface area contributed by atoms with E-state index >= 15 is 0 Å². The first-order valence-corrected chi connectivity index (χ1v) is 5.18. The monoisotopic (exact) mass is 215 g/mol. The van der Waals surface area contributed by atoms with Crippen molar-refractivity contribution < 1.29 is 4.74 Å². The van der Waals surface area contributed by atoms with Gasteiger partial charge in [-0.2, -0.15) is 15.0 Å². The summed E-state index contributed by atoms with van der Waals surface area (Å²) in [6.07, 6.45) is 0. The number of aromatic nitrogens is 3. The summed E-state index contributed by atoms with van der Waals surface area (Å²) in [5.74, 6) is 1.07. The van der Waals surface area contributed by atoms with Gasteiger partial charge in [0.1, 0.15) is 0 Å². The van der Waals surface area contributed by atoms with Crippen molar-refractivity contribution >= 4 is 23.7 Å². The predicted octanol–water partition coefficient (Wildman–Crippen LogP) is 0.165. The summed E-state index contributed by atoms with van der Waals surface area (Å²) in [5.41, 5.74) is 10.8. The third-order valence-corrected chi connectivity index (χ3v) is 2.12. The molecular formula is C7H13N5OS. The van der Waals surface area contributed by atoms with E-state index in [0.29, 0.717) is 18.4 Å². The van der Waals surface area contributed by atoms with E-state index < -0.39 is 0 Å². The Morgan fingerprint density at radius 3 is 2.43 bits per heavy atom. The molecule has 0 saturated carbocycles. The fourth-order valence-electron chi connectivity index (χ4n) is 0.789. The van der Waals surface area contributed by atoms with Crippen molar-refractivity contribution in [2.24, 2.45) is 0 Å². The predicted molar refractivity (Wildman–Crippen MR) is 55.9 cm³/mol. The lowest BCUT2D eigenvalue weighted by Gasteiger charge is -2.01. The van der Waals surface area contributed by atoms with E-state index in [2.05, 4.69) is 15.0 Å². The summed E-state index contributed by atoms with van der Waals surface area (Å²) in [6.45, 7) is 3.32. The average Bonchev–Trinajstić information content (AvgIpc) is 2.11. The van der Waals surface area contributed by atoms with Gasteiger partial charge >= 0.3 is 0 Å². The molecule has 1 aromatic heterocycles. The molecule has 0 aliphatic carbocycles. The molecule has 0 spiro atoms. The van der Waals surface area contributed by atoms with E-state index in [1.54, 1.807) is 0 Å². The molecule has 1 rings (SSSR count). The number of nitrogens with two attached hydrogens (primary N) is 2. The van der Waals surface area contributed by atoms with Gasteiger partial charge in [0.2, 0.25) is 11.9 Å². The van der Waals surface area contributed by atoms with E-state index in [9.17, 15) is 0 Å². The van der Waals surface area contributed by atoms with Crippen molar-refractivity contribution in [3.8, 4) is 0 Å². The van der Waals surface area contributed by atoms with Crippen LogP contribution in [0.4, 0.5) is 11.9 Å². The maximum absolute atomic E-state index is 5.40. The van der Waals surface area contributed by atoms with Gasteiger partial charge in [0.05, 0.1) is 6.61 Å². The number of anilines is 2. The van der Waals surface area contributed by atoms with Gasteiger partial charge in [0.15, 0.2) is 5.16 Å². The van der Waals surface area contributed by atoms with Crippen LogP contribution in [0.3, 0.4) is 0 Å². The summed E-state index contributed by atoms with van der Waals surface area (Å²) in [6, 6.07) is 0. The smallest absolute Gasteiger partial charge is 0.225 e. The molecule has 0 unspecified atom stereocenters. The second kappa shape index (κ2) is 5.61. The van der Waals surface area contributed by atoms with Crippen LogP contribution in [0, 0.1) is 0 Å². The first-order chi connectivity index (χ1) is 6.72. The standard InChI is InChI=1S/C7H13N5OS/c1-2-13-3-4-14-7-11-5(8)10-6(9)12-7/h2-4H2,1H3,(H4,8,9,10,11,12). The summed E-state index contributed by atoms with van der Waals surface area (Å²) >= 11 is 1.44. The molecule has 0 amide bonds. The molecule has 0 saturated heterocycles. The number of nitrogens with zero attached hydrogens (tertiary/aromatic N) is 3. The molecule has 1 heterocycles. The normalized spacial score (nSPS) is 10.4. The highest BCUT2D eigenvalue weighted by molar-refractivity contribution is 7.99. The molecule has 1 aromatic rings. The Bertz CT molecular complexity index is 275.